The van der Waals surface area contributed by atoms with E-state index in [-0.39, 0.29) is 23.3 Å². The van der Waals surface area contributed by atoms with Crippen molar-refractivity contribution in [1.82, 2.24) is 9.55 Å². The fraction of sp³-hybridized carbons (Fsp3) is 0.318. The Labute approximate surface area is 178 Å². The van der Waals surface area contributed by atoms with Crippen molar-refractivity contribution in [3.8, 4) is 0 Å². The summed E-state index contributed by atoms with van der Waals surface area (Å²) in [5.74, 6) is 0.0180. The third kappa shape index (κ3) is 4.19. The van der Waals surface area contributed by atoms with E-state index < -0.39 is 0 Å². The van der Waals surface area contributed by atoms with E-state index in [0.717, 1.165) is 31.2 Å². The summed E-state index contributed by atoms with van der Waals surface area (Å²) in [7, 11) is 0. The third-order valence-electron chi connectivity index (χ3n) is 5.34. The van der Waals surface area contributed by atoms with Crippen molar-refractivity contribution in [2.75, 3.05) is 11.1 Å². The molecule has 3 aromatic rings. The number of carbonyl (C=O) groups is 1. The Bertz CT molecular complexity index is 1120. The van der Waals surface area contributed by atoms with Gasteiger partial charge in [0.25, 0.3) is 5.56 Å². The highest BCUT2D eigenvalue weighted by atomic mass is 35.5. The Morgan fingerprint density at radius 1 is 1.21 bits per heavy atom. The molecule has 0 bridgehead atoms. The van der Waals surface area contributed by atoms with Crippen LogP contribution in [0.4, 0.5) is 5.69 Å². The summed E-state index contributed by atoms with van der Waals surface area (Å²) < 4.78 is 1.80. The molecule has 29 heavy (non-hydrogen) atoms. The summed E-state index contributed by atoms with van der Waals surface area (Å²) in [6.07, 6.45) is 4.17. The van der Waals surface area contributed by atoms with E-state index >= 15 is 0 Å². The standard InChI is InChI=1S/C22H22ClN3O2S/c1-14-17(23)10-6-12-18(14)24-20(27)13-29-22-25-19-11-5-4-9-16(19)21(28)26(22)15-7-2-3-8-15/h4-6,9-12,15H,2-3,7-8,13H2,1H3,(H,24,27). The molecule has 5 nitrogen and oxygen atoms in total. The van der Waals surface area contributed by atoms with Gasteiger partial charge in [0.2, 0.25) is 5.91 Å². The van der Waals surface area contributed by atoms with Gasteiger partial charge in [0.05, 0.1) is 16.7 Å². The van der Waals surface area contributed by atoms with Crippen LogP contribution in [-0.4, -0.2) is 21.2 Å². The second kappa shape index (κ2) is 8.59. The zero-order chi connectivity index (χ0) is 20.4. The molecule has 0 radical (unpaired) electrons. The highest BCUT2D eigenvalue weighted by molar-refractivity contribution is 7.99. The van der Waals surface area contributed by atoms with Crippen molar-refractivity contribution in [3.05, 3.63) is 63.4 Å². The molecule has 0 spiro atoms. The number of fused-ring (bicyclic) bond motifs is 1. The van der Waals surface area contributed by atoms with Gasteiger partial charge in [-0.05, 0) is 49.6 Å². The quantitative estimate of drug-likeness (QED) is 0.448. The average Bonchev–Trinajstić information content (AvgIpc) is 3.24. The van der Waals surface area contributed by atoms with Gasteiger partial charge in [-0.3, -0.25) is 14.2 Å². The number of anilines is 1. The van der Waals surface area contributed by atoms with Crippen LogP contribution in [0.3, 0.4) is 0 Å². The lowest BCUT2D eigenvalue weighted by molar-refractivity contribution is -0.113. The number of aromatic nitrogens is 2. The van der Waals surface area contributed by atoms with Crippen molar-refractivity contribution in [1.29, 1.82) is 0 Å². The summed E-state index contributed by atoms with van der Waals surface area (Å²) in [4.78, 5) is 30.4. The Balaban J connectivity index is 1.60. The molecular formula is C22H22ClN3O2S. The number of nitrogens with zero attached hydrogens (tertiary/aromatic N) is 2. The predicted molar refractivity (Wildman–Crippen MR) is 119 cm³/mol. The molecule has 1 amide bonds. The zero-order valence-corrected chi connectivity index (χ0v) is 17.7. The van der Waals surface area contributed by atoms with Crippen molar-refractivity contribution < 1.29 is 4.79 Å². The van der Waals surface area contributed by atoms with Crippen molar-refractivity contribution in [3.63, 3.8) is 0 Å². The van der Waals surface area contributed by atoms with Gasteiger partial charge >= 0.3 is 0 Å². The van der Waals surface area contributed by atoms with Crippen LogP contribution in [0, 0.1) is 6.92 Å². The van der Waals surface area contributed by atoms with Gasteiger partial charge in [0.1, 0.15) is 0 Å². The molecule has 7 heteroatoms. The first-order chi connectivity index (χ1) is 14.0. The largest absolute Gasteiger partial charge is 0.325 e. The topological polar surface area (TPSA) is 64.0 Å². The molecule has 0 saturated heterocycles. The maximum Gasteiger partial charge on any atom is 0.262 e. The van der Waals surface area contributed by atoms with Crippen LogP contribution in [0.2, 0.25) is 5.02 Å². The molecule has 0 atom stereocenters. The first-order valence-corrected chi connectivity index (χ1v) is 11.1. The molecule has 1 aliphatic rings. The number of halogens is 1. The molecule has 1 aromatic heterocycles. The number of amides is 1. The van der Waals surface area contributed by atoms with Gasteiger partial charge < -0.3 is 5.32 Å². The molecule has 1 heterocycles. The smallest absolute Gasteiger partial charge is 0.262 e. The van der Waals surface area contributed by atoms with E-state index in [0.29, 0.717) is 26.8 Å². The number of carbonyl (C=O) groups excluding carboxylic acids is 1. The highest BCUT2D eigenvalue weighted by Crippen LogP contribution is 2.32. The predicted octanol–water partition coefficient (Wildman–Crippen LogP) is 5.20. The van der Waals surface area contributed by atoms with Crippen molar-refractivity contribution in [2.45, 2.75) is 43.8 Å². The Morgan fingerprint density at radius 2 is 1.97 bits per heavy atom. The lowest BCUT2D eigenvalue weighted by atomic mass is 10.2. The first-order valence-electron chi connectivity index (χ1n) is 9.73. The van der Waals surface area contributed by atoms with Crippen LogP contribution in [0.5, 0.6) is 0 Å². The van der Waals surface area contributed by atoms with Gasteiger partial charge in [-0.15, -0.1) is 0 Å². The van der Waals surface area contributed by atoms with Crippen LogP contribution in [0.1, 0.15) is 37.3 Å². The van der Waals surface area contributed by atoms with E-state index in [2.05, 4.69) is 5.32 Å². The fourth-order valence-electron chi connectivity index (χ4n) is 3.77. The lowest BCUT2D eigenvalue weighted by Crippen LogP contribution is -2.27. The van der Waals surface area contributed by atoms with Gasteiger partial charge in [-0.2, -0.15) is 0 Å². The molecule has 150 valence electrons. The van der Waals surface area contributed by atoms with Gasteiger partial charge in [-0.1, -0.05) is 54.4 Å². The third-order valence-corrected chi connectivity index (χ3v) is 6.70. The lowest BCUT2D eigenvalue weighted by Gasteiger charge is -2.18. The number of rotatable bonds is 5. The number of hydrogen-bond donors (Lipinski definition) is 1. The number of benzene rings is 2. The Hall–Kier alpha value is -2.31. The summed E-state index contributed by atoms with van der Waals surface area (Å²) in [6, 6.07) is 13.0. The summed E-state index contributed by atoms with van der Waals surface area (Å²) in [6.45, 7) is 1.87. The minimum Gasteiger partial charge on any atom is -0.325 e. The SMILES string of the molecule is Cc1c(Cl)cccc1NC(=O)CSc1nc2ccccc2c(=O)n1C1CCCC1. The minimum atomic E-state index is -0.152. The van der Waals surface area contributed by atoms with Crippen LogP contribution in [-0.2, 0) is 4.79 Å². The molecule has 0 unspecified atom stereocenters. The van der Waals surface area contributed by atoms with Crippen LogP contribution in [0.25, 0.3) is 10.9 Å². The fourth-order valence-corrected chi connectivity index (χ4v) is 4.81. The highest BCUT2D eigenvalue weighted by Gasteiger charge is 2.23. The second-order valence-electron chi connectivity index (χ2n) is 7.27. The maximum absolute atomic E-state index is 13.1. The minimum absolute atomic E-state index is 0.0175. The monoisotopic (exact) mass is 427 g/mol. The number of thioether (sulfide) groups is 1. The molecule has 4 rings (SSSR count). The van der Waals surface area contributed by atoms with E-state index in [1.165, 1.54) is 11.8 Å². The van der Waals surface area contributed by atoms with E-state index in [4.69, 9.17) is 16.6 Å². The van der Waals surface area contributed by atoms with Crippen molar-refractivity contribution >= 4 is 45.9 Å². The normalized spacial score (nSPS) is 14.4. The van der Waals surface area contributed by atoms with E-state index in [1.54, 1.807) is 16.7 Å². The van der Waals surface area contributed by atoms with Gasteiger partial charge in [0.15, 0.2) is 5.16 Å². The number of nitrogens with one attached hydrogen (secondary N) is 1. The van der Waals surface area contributed by atoms with Gasteiger partial charge in [-0.25, -0.2) is 4.98 Å². The maximum atomic E-state index is 13.1. The van der Waals surface area contributed by atoms with Crippen LogP contribution >= 0.6 is 23.4 Å². The number of para-hydroxylation sites is 1. The molecule has 1 N–H and O–H groups in total. The van der Waals surface area contributed by atoms with E-state index in [1.807, 2.05) is 37.3 Å². The zero-order valence-electron chi connectivity index (χ0n) is 16.2. The molecule has 1 aliphatic carbocycles. The molecule has 1 fully saturated rings. The first kappa shape index (κ1) is 20.0. The summed E-state index contributed by atoms with van der Waals surface area (Å²) in [5.41, 5.74) is 2.18. The van der Waals surface area contributed by atoms with Crippen LogP contribution in [0.15, 0.2) is 52.4 Å². The van der Waals surface area contributed by atoms with Crippen molar-refractivity contribution in [2.24, 2.45) is 0 Å². The van der Waals surface area contributed by atoms with E-state index in [9.17, 15) is 9.59 Å². The Morgan fingerprint density at radius 3 is 2.76 bits per heavy atom. The molecular weight excluding hydrogens is 406 g/mol. The Kier molecular flexibility index (Phi) is 5.92. The summed E-state index contributed by atoms with van der Waals surface area (Å²) >= 11 is 7.44. The number of hydrogen-bond acceptors (Lipinski definition) is 4. The van der Waals surface area contributed by atoms with Gasteiger partial charge in [0, 0.05) is 16.8 Å². The molecule has 1 saturated carbocycles. The van der Waals surface area contributed by atoms with Crippen LogP contribution < -0.4 is 10.9 Å². The average molecular weight is 428 g/mol. The molecule has 2 aromatic carbocycles. The molecule has 0 aliphatic heterocycles. The second-order valence-corrected chi connectivity index (χ2v) is 8.62. The summed E-state index contributed by atoms with van der Waals surface area (Å²) in [5, 5.41) is 4.75.